The number of unbranched alkanes of at least 4 members (excludes halogenated alkanes) is 3. The van der Waals surface area contributed by atoms with Crippen LogP contribution in [0.25, 0.3) is 0 Å². The summed E-state index contributed by atoms with van der Waals surface area (Å²) in [5.41, 5.74) is 0.0143. The Morgan fingerprint density at radius 1 is 1.10 bits per heavy atom. The highest BCUT2D eigenvalue weighted by atomic mass is 16.5. The Morgan fingerprint density at radius 3 is 2.57 bits per heavy atom. The van der Waals surface area contributed by atoms with E-state index in [1.807, 2.05) is 0 Å². The quantitative estimate of drug-likeness (QED) is 0.584. The fourth-order valence-electron chi connectivity index (χ4n) is 1.84. The summed E-state index contributed by atoms with van der Waals surface area (Å²) in [6, 6.07) is 4.71. The highest BCUT2D eigenvalue weighted by molar-refractivity contribution is 5.89. The van der Waals surface area contributed by atoms with Crippen molar-refractivity contribution in [3.05, 3.63) is 23.8 Å². The molecule has 118 valence electrons. The van der Waals surface area contributed by atoms with Gasteiger partial charge >= 0.3 is 0 Å². The van der Waals surface area contributed by atoms with E-state index in [2.05, 4.69) is 6.92 Å². The van der Waals surface area contributed by atoms with Gasteiger partial charge in [0.05, 0.1) is 19.2 Å². The maximum Gasteiger partial charge on any atom is 0.128 e. The van der Waals surface area contributed by atoms with Crippen molar-refractivity contribution in [3.63, 3.8) is 0 Å². The van der Waals surface area contributed by atoms with Crippen LogP contribution in [0.3, 0.4) is 0 Å². The van der Waals surface area contributed by atoms with Crippen molar-refractivity contribution >= 4 is 5.97 Å². The highest BCUT2D eigenvalue weighted by Gasteiger charge is 2.07. The number of carboxylic acid groups (broad SMARTS) is 1. The summed E-state index contributed by atoms with van der Waals surface area (Å²) < 4.78 is 15.8. The van der Waals surface area contributed by atoms with Gasteiger partial charge in [-0.3, -0.25) is 0 Å². The predicted octanol–water partition coefficient (Wildman–Crippen LogP) is 2.03. The van der Waals surface area contributed by atoms with Crippen LogP contribution in [0.4, 0.5) is 0 Å². The standard InChI is InChI=1S/C16H24O5/c1-3-4-5-6-9-21-15-8-7-13(20-11-10-19-2)12-14(15)16(17)18/h7-8,12H,3-6,9-11H2,1-2H3,(H,17,18)/p-1. The van der Waals surface area contributed by atoms with Gasteiger partial charge in [0.1, 0.15) is 18.1 Å². The zero-order valence-electron chi connectivity index (χ0n) is 12.7. The number of carboxylic acids is 1. The van der Waals surface area contributed by atoms with Gasteiger partial charge in [0, 0.05) is 12.7 Å². The second-order valence-corrected chi connectivity index (χ2v) is 4.70. The van der Waals surface area contributed by atoms with E-state index in [1.165, 1.54) is 6.07 Å². The van der Waals surface area contributed by atoms with Crippen LogP contribution in [0.2, 0.25) is 0 Å². The summed E-state index contributed by atoms with van der Waals surface area (Å²) in [5, 5.41) is 11.2. The van der Waals surface area contributed by atoms with E-state index in [9.17, 15) is 9.90 Å². The van der Waals surface area contributed by atoms with Crippen molar-refractivity contribution in [3.8, 4) is 11.5 Å². The molecule has 0 bridgehead atoms. The lowest BCUT2D eigenvalue weighted by molar-refractivity contribution is -0.255. The molecule has 0 N–H and O–H groups in total. The molecule has 0 spiro atoms. The van der Waals surface area contributed by atoms with Crippen LogP contribution in [0.1, 0.15) is 43.0 Å². The number of hydrogen-bond acceptors (Lipinski definition) is 5. The minimum absolute atomic E-state index is 0.0143. The lowest BCUT2D eigenvalue weighted by Crippen LogP contribution is -2.23. The third kappa shape index (κ3) is 6.49. The van der Waals surface area contributed by atoms with Gasteiger partial charge in [-0.1, -0.05) is 26.2 Å². The average Bonchev–Trinajstić information content (AvgIpc) is 2.48. The molecule has 0 amide bonds. The van der Waals surface area contributed by atoms with Gasteiger partial charge in [-0.2, -0.15) is 0 Å². The number of carbonyl (C=O) groups excluding carboxylic acids is 1. The first kappa shape index (κ1) is 17.3. The first-order chi connectivity index (χ1) is 10.2. The van der Waals surface area contributed by atoms with Crippen molar-refractivity contribution in [1.29, 1.82) is 0 Å². The second-order valence-electron chi connectivity index (χ2n) is 4.70. The third-order valence-electron chi connectivity index (χ3n) is 2.98. The van der Waals surface area contributed by atoms with Crippen molar-refractivity contribution in [2.45, 2.75) is 32.6 Å². The van der Waals surface area contributed by atoms with E-state index in [1.54, 1.807) is 19.2 Å². The molecule has 0 aliphatic carbocycles. The number of rotatable bonds is 11. The predicted molar refractivity (Wildman–Crippen MR) is 77.8 cm³/mol. The number of hydrogen-bond donors (Lipinski definition) is 0. The second kappa shape index (κ2) is 10.0. The van der Waals surface area contributed by atoms with Crippen molar-refractivity contribution < 1.29 is 24.1 Å². The molecule has 1 aromatic carbocycles. The Hall–Kier alpha value is -1.75. The lowest BCUT2D eigenvalue weighted by Gasteiger charge is -2.14. The van der Waals surface area contributed by atoms with Crippen LogP contribution in [-0.2, 0) is 4.74 Å². The summed E-state index contributed by atoms with van der Waals surface area (Å²) in [5.74, 6) is -0.481. The largest absolute Gasteiger partial charge is 0.545 e. The molecule has 0 aromatic heterocycles. The third-order valence-corrected chi connectivity index (χ3v) is 2.98. The van der Waals surface area contributed by atoms with Crippen LogP contribution in [0.15, 0.2) is 18.2 Å². The Balaban J connectivity index is 2.59. The van der Waals surface area contributed by atoms with Crippen LogP contribution in [0, 0.1) is 0 Å². The fourth-order valence-corrected chi connectivity index (χ4v) is 1.84. The average molecular weight is 295 g/mol. The molecule has 0 saturated carbocycles. The zero-order valence-corrected chi connectivity index (χ0v) is 12.7. The molecule has 5 heteroatoms. The molecule has 5 nitrogen and oxygen atoms in total. The first-order valence-corrected chi connectivity index (χ1v) is 7.29. The van der Waals surface area contributed by atoms with Gasteiger partial charge in [0.15, 0.2) is 0 Å². The van der Waals surface area contributed by atoms with Gasteiger partial charge in [0.25, 0.3) is 0 Å². The molecule has 0 fully saturated rings. The summed E-state index contributed by atoms with van der Waals surface area (Å²) in [6.07, 6.45) is 4.29. The molecule has 0 heterocycles. The lowest BCUT2D eigenvalue weighted by atomic mass is 10.2. The normalized spacial score (nSPS) is 10.4. The van der Waals surface area contributed by atoms with E-state index in [0.29, 0.717) is 31.3 Å². The maximum absolute atomic E-state index is 11.2. The summed E-state index contributed by atoms with van der Waals surface area (Å²) in [7, 11) is 1.57. The molecule has 0 radical (unpaired) electrons. The topological polar surface area (TPSA) is 67.8 Å². The monoisotopic (exact) mass is 295 g/mol. The van der Waals surface area contributed by atoms with Gasteiger partial charge in [-0.25, -0.2) is 0 Å². The zero-order chi connectivity index (χ0) is 15.5. The van der Waals surface area contributed by atoms with Crippen molar-refractivity contribution in [1.82, 2.24) is 0 Å². The van der Waals surface area contributed by atoms with E-state index >= 15 is 0 Å². The highest BCUT2D eigenvalue weighted by Crippen LogP contribution is 2.24. The van der Waals surface area contributed by atoms with E-state index in [4.69, 9.17) is 14.2 Å². The molecule has 0 atom stereocenters. The smallest absolute Gasteiger partial charge is 0.128 e. The first-order valence-electron chi connectivity index (χ1n) is 7.29. The molecule has 1 aromatic rings. The van der Waals surface area contributed by atoms with Gasteiger partial charge in [0.2, 0.25) is 0 Å². The molecule has 0 saturated heterocycles. The Kier molecular flexibility index (Phi) is 8.28. The summed E-state index contributed by atoms with van der Waals surface area (Å²) >= 11 is 0. The molecular weight excluding hydrogens is 272 g/mol. The number of methoxy groups -OCH3 is 1. The number of benzene rings is 1. The van der Waals surface area contributed by atoms with Gasteiger partial charge in [-0.15, -0.1) is 0 Å². The minimum Gasteiger partial charge on any atom is -0.545 e. The van der Waals surface area contributed by atoms with Crippen LogP contribution < -0.4 is 14.6 Å². The minimum atomic E-state index is -1.27. The Labute approximate surface area is 125 Å². The van der Waals surface area contributed by atoms with E-state index in [-0.39, 0.29) is 5.56 Å². The number of aromatic carboxylic acids is 1. The molecular formula is C16H23O5-. The molecule has 0 aliphatic rings. The molecule has 1 rings (SSSR count). The number of ether oxygens (including phenoxy) is 3. The Morgan fingerprint density at radius 2 is 1.90 bits per heavy atom. The fraction of sp³-hybridized carbons (Fsp3) is 0.562. The molecule has 0 unspecified atom stereocenters. The van der Waals surface area contributed by atoms with Crippen LogP contribution in [0.5, 0.6) is 11.5 Å². The molecule has 0 aliphatic heterocycles. The van der Waals surface area contributed by atoms with Crippen molar-refractivity contribution in [2.24, 2.45) is 0 Å². The van der Waals surface area contributed by atoms with Crippen molar-refractivity contribution in [2.75, 3.05) is 26.9 Å². The van der Waals surface area contributed by atoms with Gasteiger partial charge in [-0.05, 0) is 24.6 Å². The van der Waals surface area contributed by atoms with E-state index in [0.717, 1.165) is 25.7 Å². The summed E-state index contributed by atoms with van der Waals surface area (Å²) in [6.45, 7) is 3.44. The summed E-state index contributed by atoms with van der Waals surface area (Å²) in [4.78, 5) is 11.2. The Bertz CT molecular complexity index is 431. The van der Waals surface area contributed by atoms with Gasteiger partial charge < -0.3 is 24.1 Å². The van der Waals surface area contributed by atoms with Crippen LogP contribution in [-0.4, -0.2) is 32.9 Å². The number of carbonyl (C=O) groups is 1. The van der Waals surface area contributed by atoms with Crippen LogP contribution >= 0.6 is 0 Å². The molecule has 21 heavy (non-hydrogen) atoms. The SMILES string of the molecule is CCCCCCOc1ccc(OCCOC)cc1C(=O)[O-]. The maximum atomic E-state index is 11.2. The van der Waals surface area contributed by atoms with E-state index < -0.39 is 5.97 Å².